The molecule has 21 heavy (non-hydrogen) atoms. The largest absolute Gasteiger partial charge is 0.310 e. The van der Waals surface area contributed by atoms with Gasteiger partial charge >= 0.3 is 0 Å². The second-order valence-corrected chi connectivity index (χ2v) is 7.67. The first-order valence-corrected chi connectivity index (χ1v) is 8.82. The van der Waals surface area contributed by atoms with E-state index in [0.717, 1.165) is 19.3 Å². The van der Waals surface area contributed by atoms with Crippen molar-refractivity contribution < 1.29 is 12.8 Å². The zero-order valence-corrected chi connectivity index (χ0v) is 13.6. The lowest BCUT2D eigenvalue weighted by Gasteiger charge is -2.26. The van der Waals surface area contributed by atoms with E-state index in [1.54, 1.807) is 6.07 Å². The highest BCUT2D eigenvalue weighted by Crippen LogP contribution is 2.24. The van der Waals surface area contributed by atoms with Crippen LogP contribution >= 0.6 is 0 Å². The van der Waals surface area contributed by atoms with Gasteiger partial charge in [0, 0.05) is 24.2 Å². The van der Waals surface area contributed by atoms with Gasteiger partial charge in [0.2, 0.25) is 10.0 Å². The molecule has 1 aromatic carbocycles. The van der Waals surface area contributed by atoms with Crippen molar-refractivity contribution in [1.29, 1.82) is 0 Å². The summed E-state index contributed by atoms with van der Waals surface area (Å²) in [4.78, 5) is 0.0509. The van der Waals surface area contributed by atoms with Crippen LogP contribution in [0.1, 0.15) is 44.2 Å². The maximum atomic E-state index is 14.0. The SMILES string of the molecule is Cc1c(F)cc(CNC(C)C)cc1S(=O)(=O)NC1CCC1. The summed E-state index contributed by atoms with van der Waals surface area (Å²) in [6.07, 6.45) is 2.75. The molecule has 0 spiro atoms. The van der Waals surface area contributed by atoms with Crippen molar-refractivity contribution in [3.8, 4) is 0 Å². The standard InChI is InChI=1S/C15H23FN2O2S/c1-10(2)17-9-12-7-14(16)11(3)15(8-12)21(19,20)18-13-5-4-6-13/h7-8,10,13,17-18H,4-6,9H2,1-3H3. The van der Waals surface area contributed by atoms with Crippen LogP contribution in [-0.2, 0) is 16.6 Å². The normalized spacial score (nSPS) is 16.2. The van der Waals surface area contributed by atoms with Gasteiger partial charge in [-0.1, -0.05) is 20.3 Å². The Morgan fingerprint density at radius 3 is 2.52 bits per heavy atom. The smallest absolute Gasteiger partial charge is 0.241 e. The number of benzene rings is 1. The number of halogens is 1. The van der Waals surface area contributed by atoms with Crippen molar-refractivity contribution in [2.45, 2.75) is 63.6 Å². The van der Waals surface area contributed by atoms with Crippen molar-refractivity contribution in [3.05, 3.63) is 29.1 Å². The van der Waals surface area contributed by atoms with E-state index in [9.17, 15) is 12.8 Å². The molecule has 0 aromatic heterocycles. The summed E-state index contributed by atoms with van der Waals surface area (Å²) in [5.74, 6) is -0.480. The molecule has 1 aliphatic rings. The van der Waals surface area contributed by atoms with Gasteiger partial charge in [0.05, 0.1) is 4.90 Å². The van der Waals surface area contributed by atoms with Gasteiger partial charge < -0.3 is 5.32 Å². The summed E-state index contributed by atoms with van der Waals surface area (Å²) in [5, 5.41) is 3.17. The summed E-state index contributed by atoms with van der Waals surface area (Å²) in [7, 11) is -3.65. The van der Waals surface area contributed by atoms with Crippen LogP contribution < -0.4 is 10.0 Å². The maximum absolute atomic E-state index is 14.0. The molecule has 1 fully saturated rings. The van der Waals surface area contributed by atoms with Crippen LogP contribution in [0.5, 0.6) is 0 Å². The summed E-state index contributed by atoms with van der Waals surface area (Å²) in [6.45, 7) is 5.92. The Labute approximate surface area is 126 Å². The van der Waals surface area contributed by atoms with Crippen molar-refractivity contribution in [3.63, 3.8) is 0 Å². The van der Waals surface area contributed by atoms with Crippen molar-refractivity contribution >= 4 is 10.0 Å². The van der Waals surface area contributed by atoms with Gasteiger partial charge in [-0.15, -0.1) is 0 Å². The number of hydrogen-bond donors (Lipinski definition) is 2. The Morgan fingerprint density at radius 2 is 2.00 bits per heavy atom. The van der Waals surface area contributed by atoms with Gasteiger partial charge in [-0.25, -0.2) is 17.5 Å². The van der Waals surface area contributed by atoms with E-state index >= 15 is 0 Å². The number of sulfonamides is 1. The molecule has 0 bridgehead atoms. The molecule has 1 aliphatic carbocycles. The predicted molar refractivity (Wildman–Crippen MR) is 81.1 cm³/mol. The molecule has 0 atom stereocenters. The molecule has 0 radical (unpaired) electrons. The van der Waals surface area contributed by atoms with E-state index in [1.165, 1.54) is 13.0 Å². The lowest BCUT2D eigenvalue weighted by Crippen LogP contribution is -2.39. The lowest BCUT2D eigenvalue weighted by atomic mass is 9.94. The van der Waals surface area contributed by atoms with Crippen LogP contribution in [0.2, 0.25) is 0 Å². The second-order valence-electron chi connectivity index (χ2n) is 5.99. The first-order chi connectivity index (χ1) is 9.79. The molecular formula is C15H23FN2O2S. The Kier molecular flexibility index (Phi) is 5.01. The third-order valence-electron chi connectivity index (χ3n) is 3.79. The average Bonchev–Trinajstić information content (AvgIpc) is 2.35. The molecule has 2 N–H and O–H groups in total. The Balaban J connectivity index is 2.28. The Bertz CT molecular complexity index is 610. The van der Waals surface area contributed by atoms with E-state index in [0.29, 0.717) is 12.1 Å². The van der Waals surface area contributed by atoms with E-state index in [-0.39, 0.29) is 22.5 Å². The third kappa shape index (κ3) is 4.02. The molecule has 0 aliphatic heterocycles. The van der Waals surface area contributed by atoms with Crippen LogP contribution in [0.4, 0.5) is 4.39 Å². The zero-order valence-electron chi connectivity index (χ0n) is 12.7. The van der Waals surface area contributed by atoms with Gasteiger partial charge in [-0.3, -0.25) is 0 Å². The van der Waals surface area contributed by atoms with Gasteiger partial charge in [0.1, 0.15) is 5.82 Å². The number of hydrogen-bond acceptors (Lipinski definition) is 3. The fraction of sp³-hybridized carbons (Fsp3) is 0.600. The zero-order chi connectivity index (χ0) is 15.6. The van der Waals surface area contributed by atoms with Gasteiger partial charge in [-0.05, 0) is 37.5 Å². The lowest BCUT2D eigenvalue weighted by molar-refractivity contribution is 0.383. The highest BCUT2D eigenvalue weighted by Gasteiger charge is 2.27. The minimum Gasteiger partial charge on any atom is -0.310 e. The van der Waals surface area contributed by atoms with Crippen molar-refractivity contribution in [2.75, 3.05) is 0 Å². The van der Waals surface area contributed by atoms with Gasteiger partial charge in [0.15, 0.2) is 0 Å². The average molecular weight is 314 g/mol. The minimum absolute atomic E-state index is 0.00472. The highest BCUT2D eigenvalue weighted by atomic mass is 32.2. The summed E-state index contributed by atoms with van der Waals surface area (Å²) >= 11 is 0. The van der Waals surface area contributed by atoms with E-state index in [1.807, 2.05) is 13.8 Å². The van der Waals surface area contributed by atoms with Crippen LogP contribution in [0.3, 0.4) is 0 Å². The number of nitrogens with one attached hydrogen (secondary N) is 2. The summed E-state index contributed by atoms with van der Waals surface area (Å²) in [5.41, 5.74) is 0.816. The van der Waals surface area contributed by atoms with Crippen molar-refractivity contribution in [1.82, 2.24) is 10.0 Å². The molecule has 0 saturated heterocycles. The topological polar surface area (TPSA) is 58.2 Å². The maximum Gasteiger partial charge on any atom is 0.241 e. The highest BCUT2D eigenvalue weighted by molar-refractivity contribution is 7.89. The third-order valence-corrected chi connectivity index (χ3v) is 5.43. The summed E-state index contributed by atoms with van der Waals surface area (Å²) in [6, 6.07) is 3.21. The predicted octanol–water partition coefficient (Wildman–Crippen LogP) is 2.46. The van der Waals surface area contributed by atoms with Crippen LogP contribution in [0.15, 0.2) is 17.0 Å². The Hall–Kier alpha value is -0.980. The molecule has 0 unspecified atom stereocenters. The molecule has 1 saturated carbocycles. The van der Waals surface area contributed by atoms with Gasteiger partial charge in [-0.2, -0.15) is 0 Å². The number of rotatable bonds is 6. The van der Waals surface area contributed by atoms with Gasteiger partial charge in [0.25, 0.3) is 0 Å². The van der Waals surface area contributed by atoms with E-state index in [4.69, 9.17) is 0 Å². The van der Waals surface area contributed by atoms with E-state index < -0.39 is 15.8 Å². The van der Waals surface area contributed by atoms with Crippen LogP contribution in [0.25, 0.3) is 0 Å². The Morgan fingerprint density at radius 1 is 1.33 bits per heavy atom. The molecular weight excluding hydrogens is 291 g/mol. The molecule has 118 valence electrons. The molecule has 0 amide bonds. The van der Waals surface area contributed by atoms with Crippen LogP contribution in [-0.4, -0.2) is 20.5 Å². The first-order valence-electron chi connectivity index (χ1n) is 7.34. The fourth-order valence-corrected chi connectivity index (χ4v) is 3.83. The van der Waals surface area contributed by atoms with E-state index in [2.05, 4.69) is 10.0 Å². The summed E-state index contributed by atoms with van der Waals surface area (Å²) < 4.78 is 41.5. The minimum atomic E-state index is -3.65. The monoisotopic (exact) mass is 314 g/mol. The molecule has 6 heteroatoms. The molecule has 2 rings (SSSR count). The fourth-order valence-electron chi connectivity index (χ4n) is 2.22. The quantitative estimate of drug-likeness (QED) is 0.848. The molecule has 1 aromatic rings. The molecule has 0 heterocycles. The first kappa shape index (κ1) is 16.4. The van der Waals surface area contributed by atoms with Crippen LogP contribution in [0, 0.1) is 12.7 Å². The second kappa shape index (κ2) is 6.42. The molecule has 4 nitrogen and oxygen atoms in total. The van der Waals surface area contributed by atoms with Crippen molar-refractivity contribution in [2.24, 2.45) is 0 Å².